The second kappa shape index (κ2) is 7.13. The molecule has 0 aromatic rings. The second-order valence-corrected chi connectivity index (χ2v) is 6.24. The van der Waals surface area contributed by atoms with Crippen molar-refractivity contribution in [3.8, 4) is 0 Å². The molecule has 1 rings (SSSR count). The van der Waals surface area contributed by atoms with Crippen molar-refractivity contribution in [3.05, 3.63) is 0 Å². The molecule has 3 N–H and O–H groups in total. The Hall–Kier alpha value is -0.570. The topological polar surface area (TPSA) is 55.1 Å². The van der Waals surface area contributed by atoms with Crippen LogP contribution in [0, 0.1) is 11.3 Å². The highest BCUT2D eigenvalue weighted by atomic mass is 16.2. The summed E-state index contributed by atoms with van der Waals surface area (Å²) >= 11 is 0. The van der Waals surface area contributed by atoms with Gasteiger partial charge in [0.25, 0.3) is 0 Å². The van der Waals surface area contributed by atoms with E-state index < -0.39 is 0 Å². The van der Waals surface area contributed by atoms with Crippen LogP contribution in [0.25, 0.3) is 0 Å². The molecule has 0 aliphatic heterocycles. The monoisotopic (exact) mass is 254 g/mol. The molecule has 3 heteroatoms. The molecule has 18 heavy (non-hydrogen) atoms. The van der Waals surface area contributed by atoms with Crippen molar-refractivity contribution >= 4 is 5.91 Å². The summed E-state index contributed by atoms with van der Waals surface area (Å²) in [6.45, 7) is 7.19. The number of hydrogen-bond acceptors (Lipinski definition) is 2. The lowest BCUT2D eigenvalue weighted by Crippen LogP contribution is -2.45. The summed E-state index contributed by atoms with van der Waals surface area (Å²) in [6.07, 6.45) is 7.42. The van der Waals surface area contributed by atoms with Gasteiger partial charge in [0.15, 0.2) is 0 Å². The van der Waals surface area contributed by atoms with Gasteiger partial charge in [0.05, 0.1) is 0 Å². The highest BCUT2D eigenvalue weighted by Crippen LogP contribution is 2.43. The Labute approximate surface area is 112 Å². The third-order valence-electron chi connectivity index (χ3n) is 4.18. The van der Waals surface area contributed by atoms with E-state index in [1.807, 2.05) is 0 Å². The predicted molar refractivity (Wildman–Crippen MR) is 76.2 cm³/mol. The normalized spacial score (nSPS) is 20.1. The fourth-order valence-electron chi connectivity index (χ4n) is 3.28. The largest absolute Gasteiger partial charge is 0.353 e. The zero-order valence-corrected chi connectivity index (χ0v) is 12.3. The molecule has 0 heterocycles. The molecule has 0 aromatic heterocycles. The zero-order chi connectivity index (χ0) is 13.6. The van der Waals surface area contributed by atoms with E-state index >= 15 is 0 Å². The van der Waals surface area contributed by atoms with Gasteiger partial charge in [-0.15, -0.1) is 0 Å². The van der Waals surface area contributed by atoms with Gasteiger partial charge in [-0.25, -0.2) is 0 Å². The van der Waals surface area contributed by atoms with E-state index in [2.05, 4.69) is 26.1 Å². The lowest BCUT2D eigenvalue weighted by atomic mass is 9.77. The molecule has 1 unspecified atom stereocenters. The number of rotatable bonds is 7. The van der Waals surface area contributed by atoms with Gasteiger partial charge in [0.2, 0.25) is 5.91 Å². The summed E-state index contributed by atoms with van der Waals surface area (Å²) in [5.41, 5.74) is 5.51. The van der Waals surface area contributed by atoms with E-state index in [1.165, 1.54) is 12.8 Å². The van der Waals surface area contributed by atoms with Crippen molar-refractivity contribution in [1.82, 2.24) is 5.32 Å². The van der Waals surface area contributed by atoms with Crippen LogP contribution in [0.5, 0.6) is 0 Å². The van der Waals surface area contributed by atoms with Crippen LogP contribution in [0.2, 0.25) is 0 Å². The zero-order valence-electron chi connectivity index (χ0n) is 12.3. The number of amides is 1. The molecular weight excluding hydrogens is 224 g/mol. The molecule has 1 atom stereocenters. The lowest BCUT2D eigenvalue weighted by molar-refractivity contribution is -0.132. The highest BCUT2D eigenvalue weighted by molar-refractivity contribution is 5.83. The highest BCUT2D eigenvalue weighted by Gasteiger charge is 2.41. The first-order valence-electron chi connectivity index (χ1n) is 7.55. The minimum atomic E-state index is -0.0871. The predicted octanol–water partition coefficient (Wildman–Crippen LogP) is 2.84. The molecule has 0 aromatic carbocycles. The molecule has 0 spiro atoms. The lowest BCUT2D eigenvalue weighted by Gasteiger charge is -2.31. The Bertz CT molecular complexity index is 257. The quantitative estimate of drug-likeness (QED) is 0.734. The molecule has 0 radical (unpaired) electrons. The Kier molecular flexibility index (Phi) is 6.13. The van der Waals surface area contributed by atoms with Crippen LogP contribution < -0.4 is 11.1 Å². The third-order valence-corrected chi connectivity index (χ3v) is 4.18. The molecule has 1 amide bonds. The maximum absolute atomic E-state index is 12.6. The molecule has 0 saturated heterocycles. The summed E-state index contributed by atoms with van der Waals surface area (Å²) in [4.78, 5) is 12.6. The molecule has 106 valence electrons. The van der Waals surface area contributed by atoms with Crippen molar-refractivity contribution < 1.29 is 4.79 Å². The number of carbonyl (C=O) groups is 1. The van der Waals surface area contributed by atoms with Crippen molar-refractivity contribution in [3.63, 3.8) is 0 Å². The Morgan fingerprint density at radius 2 is 1.94 bits per heavy atom. The Morgan fingerprint density at radius 3 is 2.39 bits per heavy atom. The van der Waals surface area contributed by atoms with Crippen molar-refractivity contribution in [2.75, 3.05) is 6.54 Å². The summed E-state index contributed by atoms with van der Waals surface area (Å²) < 4.78 is 0. The van der Waals surface area contributed by atoms with Gasteiger partial charge in [0.1, 0.15) is 0 Å². The van der Waals surface area contributed by atoms with E-state index in [9.17, 15) is 4.79 Å². The first-order valence-corrected chi connectivity index (χ1v) is 7.55. The van der Waals surface area contributed by atoms with Crippen molar-refractivity contribution in [1.29, 1.82) is 0 Å². The van der Waals surface area contributed by atoms with E-state index in [4.69, 9.17) is 5.73 Å². The molecule has 1 fully saturated rings. The molecule has 1 saturated carbocycles. The molecule has 0 bridgehead atoms. The van der Waals surface area contributed by atoms with Crippen LogP contribution >= 0.6 is 0 Å². The van der Waals surface area contributed by atoms with Crippen LogP contribution in [-0.2, 0) is 4.79 Å². The van der Waals surface area contributed by atoms with Crippen molar-refractivity contribution in [2.45, 2.75) is 71.8 Å². The number of carbonyl (C=O) groups excluding carboxylic acids is 1. The first kappa shape index (κ1) is 15.5. The smallest absolute Gasteiger partial charge is 0.226 e. The first-order chi connectivity index (χ1) is 8.54. The fraction of sp³-hybridized carbons (Fsp3) is 0.933. The standard InChI is InChI=1S/C15H30N2O/c1-4-13(7-10-16)17-14(18)15(11-12(2)3)8-5-6-9-15/h12-13H,4-11,16H2,1-3H3,(H,17,18). The molecule has 1 aliphatic rings. The van der Waals surface area contributed by atoms with E-state index in [0.717, 1.165) is 32.1 Å². The summed E-state index contributed by atoms with van der Waals surface area (Å²) in [5.74, 6) is 0.873. The van der Waals surface area contributed by atoms with E-state index in [1.54, 1.807) is 0 Å². The second-order valence-electron chi connectivity index (χ2n) is 6.24. The number of nitrogens with one attached hydrogen (secondary N) is 1. The molecule has 1 aliphatic carbocycles. The third kappa shape index (κ3) is 3.98. The Balaban J connectivity index is 2.65. The van der Waals surface area contributed by atoms with Crippen molar-refractivity contribution in [2.24, 2.45) is 17.1 Å². The van der Waals surface area contributed by atoms with Gasteiger partial charge < -0.3 is 11.1 Å². The van der Waals surface area contributed by atoms with Gasteiger partial charge in [-0.05, 0) is 44.6 Å². The van der Waals surface area contributed by atoms with Gasteiger partial charge in [0, 0.05) is 11.5 Å². The fourth-order valence-corrected chi connectivity index (χ4v) is 3.28. The summed E-state index contributed by atoms with van der Waals surface area (Å²) in [5, 5.41) is 3.24. The van der Waals surface area contributed by atoms with Gasteiger partial charge >= 0.3 is 0 Å². The number of nitrogens with two attached hydrogens (primary N) is 1. The average molecular weight is 254 g/mol. The minimum Gasteiger partial charge on any atom is -0.353 e. The minimum absolute atomic E-state index is 0.0871. The van der Waals surface area contributed by atoms with Crippen LogP contribution in [-0.4, -0.2) is 18.5 Å². The van der Waals surface area contributed by atoms with Crippen LogP contribution in [0.4, 0.5) is 0 Å². The van der Waals surface area contributed by atoms with Gasteiger partial charge in [-0.2, -0.15) is 0 Å². The molecule has 3 nitrogen and oxygen atoms in total. The summed E-state index contributed by atoms with van der Waals surface area (Å²) in [7, 11) is 0. The number of hydrogen-bond donors (Lipinski definition) is 2. The maximum atomic E-state index is 12.6. The van der Waals surface area contributed by atoms with Gasteiger partial charge in [-0.1, -0.05) is 33.6 Å². The van der Waals surface area contributed by atoms with E-state index in [0.29, 0.717) is 12.5 Å². The average Bonchev–Trinajstić information content (AvgIpc) is 2.77. The molecular formula is C15H30N2O. The van der Waals surface area contributed by atoms with Crippen LogP contribution in [0.1, 0.15) is 65.7 Å². The summed E-state index contributed by atoms with van der Waals surface area (Å²) in [6, 6.07) is 0.257. The SMILES string of the molecule is CCC(CCN)NC(=O)C1(CC(C)C)CCCC1. The maximum Gasteiger partial charge on any atom is 0.226 e. The van der Waals surface area contributed by atoms with Gasteiger partial charge in [-0.3, -0.25) is 4.79 Å². The van der Waals surface area contributed by atoms with Crippen LogP contribution in [0.15, 0.2) is 0 Å². The van der Waals surface area contributed by atoms with E-state index in [-0.39, 0.29) is 17.4 Å². The van der Waals surface area contributed by atoms with Crippen LogP contribution in [0.3, 0.4) is 0 Å². The Morgan fingerprint density at radius 1 is 1.33 bits per heavy atom.